The van der Waals surface area contributed by atoms with Crippen molar-refractivity contribution >= 4 is 5.91 Å². The van der Waals surface area contributed by atoms with Gasteiger partial charge >= 0.3 is 6.18 Å². The normalized spacial score (nSPS) is 11.4. The molecule has 0 saturated carbocycles. The number of benzene rings is 1. The number of carbonyl (C=O) groups is 1. The zero-order valence-electron chi connectivity index (χ0n) is 11.2. The van der Waals surface area contributed by atoms with Crippen LogP contribution in [0.1, 0.15) is 43.7 Å². The number of rotatable bonds is 6. The number of unbranched alkanes of at least 4 members (excludes halogenated alkanes) is 2. The van der Waals surface area contributed by atoms with Gasteiger partial charge in [-0.3, -0.25) is 4.79 Å². The molecule has 0 aliphatic heterocycles. The minimum atomic E-state index is -4.73. The maximum absolute atomic E-state index is 13.1. The average Bonchev–Trinajstić information content (AvgIpc) is 2.36. The average molecular weight is 291 g/mol. The molecule has 1 N–H and O–H groups in total. The predicted molar refractivity (Wildman–Crippen MR) is 67.4 cm³/mol. The van der Waals surface area contributed by atoms with Gasteiger partial charge in [-0.15, -0.1) is 0 Å². The summed E-state index contributed by atoms with van der Waals surface area (Å²) >= 11 is 0. The lowest BCUT2D eigenvalue weighted by molar-refractivity contribution is -0.140. The topological polar surface area (TPSA) is 29.1 Å². The molecule has 0 unspecified atom stereocenters. The Morgan fingerprint density at radius 1 is 1.25 bits per heavy atom. The molecule has 2 nitrogen and oxygen atoms in total. The third-order valence-electron chi connectivity index (χ3n) is 2.83. The third-order valence-corrected chi connectivity index (χ3v) is 2.83. The van der Waals surface area contributed by atoms with Crippen molar-refractivity contribution in [1.82, 2.24) is 5.32 Å². The van der Waals surface area contributed by atoms with Crippen molar-refractivity contribution in [2.45, 2.75) is 45.3 Å². The lowest BCUT2D eigenvalue weighted by atomic mass is 10.1. The highest BCUT2D eigenvalue weighted by Gasteiger charge is 2.34. The van der Waals surface area contributed by atoms with Gasteiger partial charge in [-0.1, -0.05) is 25.8 Å². The van der Waals surface area contributed by atoms with Gasteiger partial charge in [-0.05, 0) is 24.1 Å². The molecule has 1 aromatic rings. The van der Waals surface area contributed by atoms with Gasteiger partial charge in [0, 0.05) is 13.0 Å². The van der Waals surface area contributed by atoms with Gasteiger partial charge in [0.25, 0.3) is 0 Å². The molecule has 1 aromatic carbocycles. The number of amides is 1. The first-order chi connectivity index (χ1) is 9.34. The van der Waals surface area contributed by atoms with E-state index in [9.17, 15) is 22.4 Å². The summed E-state index contributed by atoms with van der Waals surface area (Å²) in [6.45, 7) is 1.98. The van der Waals surface area contributed by atoms with E-state index in [0.29, 0.717) is 6.42 Å². The second kappa shape index (κ2) is 7.26. The molecule has 1 rings (SSSR count). The summed E-state index contributed by atoms with van der Waals surface area (Å²) in [6, 6.07) is 2.72. The zero-order chi connectivity index (χ0) is 15.2. The van der Waals surface area contributed by atoms with Crippen molar-refractivity contribution in [2.24, 2.45) is 0 Å². The second-order valence-corrected chi connectivity index (χ2v) is 4.55. The van der Waals surface area contributed by atoms with Crippen molar-refractivity contribution in [3.8, 4) is 0 Å². The number of carbonyl (C=O) groups excluding carboxylic acids is 1. The summed E-state index contributed by atoms with van der Waals surface area (Å²) in [5.74, 6) is -1.52. The molecule has 0 atom stereocenters. The summed E-state index contributed by atoms with van der Waals surface area (Å²) in [4.78, 5) is 11.4. The quantitative estimate of drug-likeness (QED) is 0.622. The maximum Gasteiger partial charge on any atom is 0.419 e. The molecule has 0 aromatic heterocycles. The van der Waals surface area contributed by atoms with Crippen LogP contribution in [-0.4, -0.2) is 5.91 Å². The van der Waals surface area contributed by atoms with Crippen LogP contribution >= 0.6 is 0 Å². The van der Waals surface area contributed by atoms with E-state index in [1.807, 2.05) is 6.92 Å². The summed E-state index contributed by atoms with van der Waals surface area (Å²) in [5, 5.41) is 2.53. The Morgan fingerprint density at radius 2 is 1.95 bits per heavy atom. The molecule has 0 fully saturated rings. The second-order valence-electron chi connectivity index (χ2n) is 4.55. The Hall–Kier alpha value is -1.59. The highest BCUT2D eigenvalue weighted by atomic mass is 19.4. The molecular weight excluding hydrogens is 274 g/mol. The SMILES string of the molecule is CCCCCC(=O)NCc1ccc(F)c(C(F)(F)F)c1. The number of alkyl halides is 3. The van der Waals surface area contributed by atoms with Crippen LogP contribution in [0.2, 0.25) is 0 Å². The first kappa shape index (κ1) is 16.5. The lowest BCUT2D eigenvalue weighted by Gasteiger charge is -2.10. The highest BCUT2D eigenvalue weighted by molar-refractivity contribution is 5.75. The Bertz CT molecular complexity index is 457. The van der Waals surface area contributed by atoms with Gasteiger partial charge in [0.2, 0.25) is 5.91 Å². The monoisotopic (exact) mass is 291 g/mol. The molecule has 1 amide bonds. The summed E-state index contributed by atoms with van der Waals surface area (Å²) < 4.78 is 50.6. The van der Waals surface area contributed by atoms with Crippen LogP contribution < -0.4 is 5.32 Å². The van der Waals surface area contributed by atoms with E-state index in [4.69, 9.17) is 0 Å². The fraction of sp³-hybridized carbons (Fsp3) is 0.500. The minimum absolute atomic E-state index is 0.0334. The Kier molecular flexibility index (Phi) is 5.98. The number of hydrogen-bond donors (Lipinski definition) is 1. The van der Waals surface area contributed by atoms with Crippen LogP contribution in [0.4, 0.5) is 17.6 Å². The van der Waals surface area contributed by atoms with Crippen LogP contribution in [0.3, 0.4) is 0 Å². The summed E-state index contributed by atoms with van der Waals surface area (Å²) in [5.41, 5.74) is -1.09. The van der Waals surface area contributed by atoms with E-state index >= 15 is 0 Å². The van der Waals surface area contributed by atoms with Gasteiger partial charge in [-0.2, -0.15) is 13.2 Å². The fourth-order valence-corrected chi connectivity index (χ4v) is 1.72. The van der Waals surface area contributed by atoms with Crippen molar-refractivity contribution in [1.29, 1.82) is 0 Å². The summed E-state index contributed by atoms with van der Waals surface area (Å²) in [7, 11) is 0. The first-order valence-corrected chi connectivity index (χ1v) is 6.47. The molecule has 6 heteroatoms. The van der Waals surface area contributed by atoms with Crippen LogP contribution in [0.5, 0.6) is 0 Å². The Morgan fingerprint density at radius 3 is 2.55 bits per heavy atom. The Balaban J connectivity index is 2.59. The standard InChI is InChI=1S/C14H17F4NO/c1-2-3-4-5-13(20)19-9-10-6-7-12(15)11(8-10)14(16,17)18/h6-8H,2-5,9H2,1H3,(H,19,20). The molecule has 20 heavy (non-hydrogen) atoms. The van der Waals surface area contributed by atoms with E-state index < -0.39 is 17.6 Å². The van der Waals surface area contributed by atoms with Gasteiger partial charge in [0.1, 0.15) is 5.82 Å². The molecule has 0 bridgehead atoms. The molecule has 0 saturated heterocycles. The molecule has 0 aliphatic rings. The van der Waals surface area contributed by atoms with Crippen molar-refractivity contribution in [2.75, 3.05) is 0 Å². The predicted octanol–water partition coefficient (Wildman–Crippen LogP) is 4.04. The number of halogens is 4. The van der Waals surface area contributed by atoms with Gasteiger partial charge in [0.15, 0.2) is 0 Å². The van der Waals surface area contributed by atoms with Gasteiger partial charge in [0.05, 0.1) is 5.56 Å². The zero-order valence-corrected chi connectivity index (χ0v) is 11.2. The first-order valence-electron chi connectivity index (χ1n) is 6.47. The highest BCUT2D eigenvalue weighted by Crippen LogP contribution is 2.31. The van der Waals surface area contributed by atoms with E-state index in [1.165, 1.54) is 6.07 Å². The molecule has 112 valence electrons. The van der Waals surface area contributed by atoms with Crippen LogP contribution in [0, 0.1) is 5.82 Å². The van der Waals surface area contributed by atoms with Crippen LogP contribution in [-0.2, 0) is 17.5 Å². The Labute approximate surface area is 115 Å². The smallest absolute Gasteiger partial charge is 0.352 e. The molecule has 0 heterocycles. The van der Waals surface area contributed by atoms with Crippen LogP contribution in [0.15, 0.2) is 18.2 Å². The van der Waals surface area contributed by atoms with Gasteiger partial charge in [-0.25, -0.2) is 4.39 Å². The number of hydrogen-bond acceptors (Lipinski definition) is 1. The molecular formula is C14H17F4NO. The van der Waals surface area contributed by atoms with E-state index in [-0.39, 0.29) is 18.0 Å². The number of nitrogens with one attached hydrogen (secondary N) is 1. The third kappa shape index (κ3) is 5.19. The fourth-order valence-electron chi connectivity index (χ4n) is 1.72. The molecule has 0 spiro atoms. The van der Waals surface area contributed by atoms with Crippen molar-refractivity contribution in [3.63, 3.8) is 0 Å². The van der Waals surface area contributed by atoms with Gasteiger partial charge < -0.3 is 5.32 Å². The van der Waals surface area contributed by atoms with Crippen LogP contribution in [0.25, 0.3) is 0 Å². The molecule has 0 radical (unpaired) electrons. The minimum Gasteiger partial charge on any atom is -0.352 e. The molecule has 0 aliphatic carbocycles. The largest absolute Gasteiger partial charge is 0.419 e. The maximum atomic E-state index is 13.1. The van der Waals surface area contributed by atoms with E-state index in [2.05, 4.69) is 5.32 Å². The summed E-state index contributed by atoms with van der Waals surface area (Å²) in [6.07, 6.45) is -1.71. The van der Waals surface area contributed by atoms with E-state index in [0.717, 1.165) is 31.4 Å². The van der Waals surface area contributed by atoms with Crippen molar-refractivity contribution < 1.29 is 22.4 Å². The lowest BCUT2D eigenvalue weighted by Crippen LogP contribution is -2.22. The van der Waals surface area contributed by atoms with Crippen molar-refractivity contribution in [3.05, 3.63) is 35.1 Å². The van der Waals surface area contributed by atoms with E-state index in [1.54, 1.807) is 0 Å².